The van der Waals surface area contributed by atoms with E-state index in [2.05, 4.69) is 4.98 Å². The third-order valence-corrected chi connectivity index (χ3v) is 5.67. The molecule has 7 heteroatoms. The minimum atomic E-state index is -0.792. The van der Waals surface area contributed by atoms with Gasteiger partial charge in [-0.25, -0.2) is 9.18 Å². The van der Waals surface area contributed by atoms with Gasteiger partial charge in [0.05, 0.1) is 12.2 Å². The van der Waals surface area contributed by atoms with Gasteiger partial charge in [-0.15, -0.1) is 0 Å². The Morgan fingerprint density at radius 2 is 1.83 bits per heavy atom. The summed E-state index contributed by atoms with van der Waals surface area (Å²) < 4.78 is 19.8. The lowest BCUT2D eigenvalue weighted by atomic mass is 9.93. The molecule has 3 rings (SSSR count). The number of aromatic nitrogens is 1. The lowest BCUT2D eigenvalue weighted by molar-refractivity contribution is -0.127. The molecule has 1 fully saturated rings. The zero-order valence-corrected chi connectivity index (χ0v) is 17.6. The average molecular weight is 414 g/mol. The quantitative estimate of drug-likeness (QED) is 0.435. The second-order valence-electron chi connectivity index (χ2n) is 7.61. The molecule has 1 aliphatic carbocycles. The van der Waals surface area contributed by atoms with Gasteiger partial charge in [-0.3, -0.25) is 9.59 Å². The summed E-state index contributed by atoms with van der Waals surface area (Å²) >= 11 is 0. The van der Waals surface area contributed by atoms with Gasteiger partial charge in [0.1, 0.15) is 11.5 Å². The number of aryl methyl sites for hydroxylation is 1. The van der Waals surface area contributed by atoms with Crippen LogP contribution >= 0.6 is 0 Å². The molecule has 0 aliphatic heterocycles. The van der Waals surface area contributed by atoms with Crippen LogP contribution in [0.15, 0.2) is 24.3 Å². The molecular weight excluding hydrogens is 387 g/mol. The molecule has 0 spiro atoms. The number of esters is 1. The van der Waals surface area contributed by atoms with Gasteiger partial charge in [-0.05, 0) is 32.8 Å². The molecule has 0 atom stereocenters. The molecule has 0 radical (unpaired) electrons. The summed E-state index contributed by atoms with van der Waals surface area (Å²) in [6.45, 7) is 3.40. The molecule has 0 saturated heterocycles. The Morgan fingerprint density at radius 3 is 2.47 bits per heavy atom. The van der Waals surface area contributed by atoms with E-state index in [1.54, 1.807) is 27.0 Å². The average Bonchev–Trinajstić information content (AvgIpc) is 3.10. The van der Waals surface area contributed by atoms with Crippen molar-refractivity contribution in [1.29, 1.82) is 0 Å². The van der Waals surface area contributed by atoms with Crippen molar-refractivity contribution >= 4 is 17.7 Å². The number of nitrogens with one attached hydrogen (secondary N) is 1. The summed E-state index contributed by atoms with van der Waals surface area (Å²) in [5.74, 6) is -2.73. The first-order valence-electron chi connectivity index (χ1n) is 10.3. The van der Waals surface area contributed by atoms with Gasteiger partial charge < -0.3 is 14.6 Å². The normalized spacial score (nSPS) is 14.4. The maximum absolute atomic E-state index is 14.6. The van der Waals surface area contributed by atoms with E-state index in [9.17, 15) is 18.8 Å². The number of rotatable bonds is 6. The maximum Gasteiger partial charge on any atom is 0.340 e. The number of carbonyl (C=O) groups excluding carboxylic acids is 3. The minimum absolute atomic E-state index is 0.00713. The summed E-state index contributed by atoms with van der Waals surface area (Å²) in [7, 11) is 1.63. The number of H-pyrrole nitrogens is 1. The highest BCUT2D eigenvalue weighted by atomic mass is 19.1. The molecule has 1 N–H and O–H groups in total. The Labute approximate surface area is 175 Å². The first-order chi connectivity index (χ1) is 14.4. The summed E-state index contributed by atoms with van der Waals surface area (Å²) in [6, 6.07) is 5.86. The molecule has 1 aliphatic rings. The molecule has 160 valence electrons. The topological polar surface area (TPSA) is 79.5 Å². The minimum Gasteiger partial charge on any atom is -0.462 e. The highest BCUT2D eigenvalue weighted by Crippen LogP contribution is 2.33. The van der Waals surface area contributed by atoms with Crippen LogP contribution in [0.5, 0.6) is 0 Å². The zero-order valence-electron chi connectivity index (χ0n) is 17.6. The molecule has 1 amide bonds. The van der Waals surface area contributed by atoms with E-state index in [0.717, 1.165) is 32.1 Å². The van der Waals surface area contributed by atoms with Gasteiger partial charge in [0.25, 0.3) is 11.7 Å². The third-order valence-electron chi connectivity index (χ3n) is 5.67. The first kappa shape index (κ1) is 21.7. The highest BCUT2D eigenvalue weighted by Gasteiger charge is 2.34. The van der Waals surface area contributed by atoms with Crippen LogP contribution in [-0.4, -0.2) is 47.2 Å². The number of ketones is 1. The van der Waals surface area contributed by atoms with E-state index in [0.29, 0.717) is 5.69 Å². The number of aromatic amines is 1. The van der Waals surface area contributed by atoms with Crippen molar-refractivity contribution in [1.82, 2.24) is 9.88 Å². The lowest BCUT2D eigenvalue weighted by Gasteiger charge is -2.30. The predicted molar refractivity (Wildman–Crippen MR) is 111 cm³/mol. The highest BCUT2D eigenvalue weighted by molar-refractivity contribution is 6.43. The van der Waals surface area contributed by atoms with Crippen molar-refractivity contribution in [3.63, 3.8) is 0 Å². The van der Waals surface area contributed by atoms with Crippen LogP contribution in [0.3, 0.4) is 0 Å². The van der Waals surface area contributed by atoms with Crippen LogP contribution in [-0.2, 0) is 9.53 Å². The van der Waals surface area contributed by atoms with E-state index >= 15 is 0 Å². The molecule has 6 nitrogen and oxygen atoms in total. The van der Waals surface area contributed by atoms with Crippen LogP contribution in [0.25, 0.3) is 11.1 Å². The molecule has 1 heterocycles. The molecular formula is C23H27FN2O4. The third kappa shape index (κ3) is 4.15. The number of carbonyl (C=O) groups is 3. The summed E-state index contributed by atoms with van der Waals surface area (Å²) in [5.41, 5.74) is 0.468. The van der Waals surface area contributed by atoms with E-state index in [1.165, 1.54) is 23.1 Å². The Kier molecular flexibility index (Phi) is 6.70. The number of ether oxygens (including phenoxy) is 1. The van der Waals surface area contributed by atoms with E-state index < -0.39 is 23.5 Å². The maximum atomic E-state index is 14.6. The number of hydrogen-bond acceptors (Lipinski definition) is 4. The Balaban J connectivity index is 2.06. The molecule has 0 bridgehead atoms. The SMILES string of the molecule is CCOC(=O)c1c(C)[nH]c(C(=O)C(=O)N(C)C2CCCCC2)c1-c1ccccc1F. The van der Waals surface area contributed by atoms with E-state index in [4.69, 9.17) is 4.74 Å². The van der Waals surface area contributed by atoms with Crippen molar-refractivity contribution in [2.24, 2.45) is 0 Å². The van der Waals surface area contributed by atoms with Gasteiger partial charge in [0.2, 0.25) is 0 Å². The standard InChI is InChI=1S/C23H27FN2O4/c1-4-30-23(29)18-14(2)25-20(19(18)16-12-8-9-13-17(16)24)21(27)22(28)26(3)15-10-6-5-7-11-15/h8-9,12-13,15,25H,4-7,10-11H2,1-3H3. The Morgan fingerprint density at radius 1 is 1.17 bits per heavy atom. The van der Waals surface area contributed by atoms with Crippen molar-refractivity contribution in [3.8, 4) is 11.1 Å². The molecule has 1 aromatic carbocycles. The summed E-state index contributed by atoms with van der Waals surface area (Å²) in [5, 5.41) is 0. The smallest absolute Gasteiger partial charge is 0.340 e. The fourth-order valence-corrected chi connectivity index (χ4v) is 4.09. The van der Waals surface area contributed by atoms with Crippen LogP contribution in [0.4, 0.5) is 4.39 Å². The molecule has 2 aromatic rings. The monoisotopic (exact) mass is 414 g/mol. The van der Waals surface area contributed by atoms with E-state index in [1.807, 2.05) is 0 Å². The number of amides is 1. The second-order valence-corrected chi connectivity index (χ2v) is 7.61. The number of benzene rings is 1. The predicted octanol–water partition coefficient (Wildman–Crippen LogP) is 4.28. The van der Waals surface area contributed by atoms with Crippen molar-refractivity contribution < 1.29 is 23.5 Å². The van der Waals surface area contributed by atoms with Crippen LogP contribution in [0.2, 0.25) is 0 Å². The zero-order chi connectivity index (χ0) is 21.8. The number of halogens is 1. The van der Waals surface area contributed by atoms with Crippen molar-refractivity contribution in [2.45, 2.75) is 52.0 Å². The van der Waals surface area contributed by atoms with Gasteiger partial charge in [0.15, 0.2) is 0 Å². The first-order valence-corrected chi connectivity index (χ1v) is 10.3. The van der Waals surface area contributed by atoms with Crippen molar-refractivity contribution in [3.05, 3.63) is 47.0 Å². The molecule has 0 unspecified atom stereocenters. The molecule has 1 saturated carbocycles. The summed E-state index contributed by atoms with van der Waals surface area (Å²) in [4.78, 5) is 43.1. The van der Waals surface area contributed by atoms with Crippen LogP contribution in [0, 0.1) is 12.7 Å². The Hall–Kier alpha value is -2.96. The summed E-state index contributed by atoms with van der Waals surface area (Å²) in [6.07, 6.45) is 4.88. The lowest BCUT2D eigenvalue weighted by Crippen LogP contribution is -2.42. The van der Waals surface area contributed by atoms with Crippen molar-refractivity contribution in [2.75, 3.05) is 13.7 Å². The van der Waals surface area contributed by atoms with Crippen LogP contribution in [0.1, 0.15) is 65.6 Å². The number of nitrogens with zero attached hydrogens (tertiary/aromatic N) is 1. The Bertz CT molecular complexity index is 960. The fraction of sp³-hybridized carbons (Fsp3) is 0.435. The van der Waals surface area contributed by atoms with Gasteiger partial charge >= 0.3 is 5.97 Å². The number of Topliss-reactive ketones (excluding diaryl/α,β-unsaturated/α-hetero) is 1. The molecule has 1 aromatic heterocycles. The van der Waals surface area contributed by atoms with Crippen LogP contribution < -0.4 is 0 Å². The van der Waals surface area contributed by atoms with Gasteiger partial charge in [-0.2, -0.15) is 0 Å². The van der Waals surface area contributed by atoms with Gasteiger partial charge in [0, 0.05) is 29.9 Å². The molecule has 30 heavy (non-hydrogen) atoms. The van der Waals surface area contributed by atoms with E-state index in [-0.39, 0.29) is 35.0 Å². The number of hydrogen-bond donors (Lipinski definition) is 1. The number of likely N-dealkylation sites (N-methyl/N-ethyl adjacent to an activating group) is 1. The second kappa shape index (κ2) is 9.24. The van der Waals surface area contributed by atoms with Gasteiger partial charge in [-0.1, -0.05) is 37.5 Å². The fourth-order valence-electron chi connectivity index (χ4n) is 4.09. The largest absolute Gasteiger partial charge is 0.462 e.